The third-order valence-corrected chi connectivity index (χ3v) is 5.75. The van der Waals surface area contributed by atoms with Crippen molar-refractivity contribution in [1.29, 1.82) is 0 Å². The van der Waals surface area contributed by atoms with Crippen molar-refractivity contribution in [3.63, 3.8) is 0 Å². The van der Waals surface area contributed by atoms with Gasteiger partial charge in [0.1, 0.15) is 11.6 Å². The molecular formula is C22H20F4N2O3. The molecule has 2 heterocycles. The second kappa shape index (κ2) is 7.96. The maximum atomic E-state index is 14.4. The van der Waals surface area contributed by atoms with E-state index in [0.717, 1.165) is 17.0 Å². The van der Waals surface area contributed by atoms with Gasteiger partial charge in [-0.15, -0.1) is 0 Å². The lowest BCUT2D eigenvalue weighted by Gasteiger charge is -2.48. The average Bonchev–Trinajstić information content (AvgIpc) is 2.73. The molecule has 9 heteroatoms. The van der Waals surface area contributed by atoms with Crippen molar-refractivity contribution in [2.24, 2.45) is 0 Å². The first kappa shape index (κ1) is 21.3. The Morgan fingerprint density at radius 2 is 1.65 bits per heavy atom. The zero-order valence-corrected chi connectivity index (χ0v) is 16.5. The average molecular weight is 436 g/mol. The number of nitrogens with zero attached hydrogens (tertiary/aromatic N) is 2. The van der Waals surface area contributed by atoms with Crippen LogP contribution in [-0.4, -0.2) is 48.1 Å². The van der Waals surface area contributed by atoms with E-state index >= 15 is 0 Å². The lowest BCUT2D eigenvalue weighted by Crippen LogP contribution is -2.65. The van der Waals surface area contributed by atoms with E-state index in [1.54, 1.807) is 6.07 Å². The van der Waals surface area contributed by atoms with Crippen molar-refractivity contribution < 1.29 is 31.9 Å². The smallest absolute Gasteiger partial charge is 0.342 e. The third-order valence-electron chi connectivity index (χ3n) is 5.75. The quantitative estimate of drug-likeness (QED) is 0.692. The molecule has 0 unspecified atom stereocenters. The predicted molar refractivity (Wildman–Crippen MR) is 103 cm³/mol. The van der Waals surface area contributed by atoms with Crippen molar-refractivity contribution in [1.82, 2.24) is 4.90 Å². The molecule has 0 radical (unpaired) electrons. The highest BCUT2D eigenvalue weighted by Gasteiger charge is 2.57. The van der Waals surface area contributed by atoms with Crippen molar-refractivity contribution in [3.05, 3.63) is 65.7 Å². The minimum absolute atomic E-state index is 0.0799. The highest BCUT2D eigenvalue weighted by atomic mass is 19.3. The zero-order valence-electron chi connectivity index (χ0n) is 16.5. The monoisotopic (exact) mass is 436 g/mol. The van der Waals surface area contributed by atoms with Gasteiger partial charge in [0.05, 0.1) is 18.6 Å². The van der Waals surface area contributed by atoms with Crippen LogP contribution in [0.2, 0.25) is 0 Å². The first-order valence-corrected chi connectivity index (χ1v) is 9.86. The van der Waals surface area contributed by atoms with Gasteiger partial charge in [-0.3, -0.25) is 9.59 Å². The van der Waals surface area contributed by atoms with Gasteiger partial charge < -0.3 is 14.5 Å². The molecule has 2 aromatic carbocycles. The highest BCUT2D eigenvalue weighted by molar-refractivity contribution is 5.98. The van der Waals surface area contributed by atoms with E-state index < -0.39 is 29.3 Å². The standard InChI is InChI=1S/C22H20F4N2O3/c23-16-5-7-17(8-6-16)28-14-21(31-22(25,26)20(28)30)9-11-27(12-10-21)19(29)13-15-3-1-2-4-18(15)24/h1-8H,9-14H2. The van der Waals surface area contributed by atoms with E-state index in [9.17, 15) is 27.2 Å². The molecule has 164 valence electrons. The Labute approximate surface area is 176 Å². The molecule has 2 aliphatic rings. The van der Waals surface area contributed by atoms with Crippen LogP contribution >= 0.6 is 0 Å². The summed E-state index contributed by atoms with van der Waals surface area (Å²) in [5.41, 5.74) is -0.936. The van der Waals surface area contributed by atoms with E-state index in [1.165, 1.54) is 35.2 Å². The molecule has 1 spiro atoms. The van der Waals surface area contributed by atoms with Crippen LogP contribution in [0.25, 0.3) is 0 Å². The number of amides is 2. The molecule has 0 bridgehead atoms. The molecule has 31 heavy (non-hydrogen) atoms. The van der Waals surface area contributed by atoms with Crippen LogP contribution in [0.3, 0.4) is 0 Å². The maximum absolute atomic E-state index is 14.4. The summed E-state index contributed by atoms with van der Waals surface area (Å²) in [6.07, 6.45) is -4.00. The molecule has 2 aliphatic heterocycles. The van der Waals surface area contributed by atoms with Gasteiger partial charge in [0.25, 0.3) is 0 Å². The summed E-state index contributed by atoms with van der Waals surface area (Å²) in [6.45, 7) is 0.131. The molecule has 0 saturated carbocycles. The Balaban J connectivity index is 1.47. The number of likely N-dealkylation sites (tertiary alicyclic amines) is 1. The fraction of sp³-hybridized carbons (Fsp3) is 0.364. The lowest BCUT2D eigenvalue weighted by atomic mass is 9.88. The van der Waals surface area contributed by atoms with Crippen molar-refractivity contribution >= 4 is 17.5 Å². The van der Waals surface area contributed by atoms with Gasteiger partial charge in [-0.1, -0.05) is 18.2 Å². The van der Waals surface area contributed by atoms with Crippen LogP contribution < -0.4 is 4.90 Å². The number of halogens is 4. The number of carbonyl (C=O) groups excluding carboxylic acids is 2. The molecule has 2 fully saturated rings. The topological polar surface area (TPSA) is 49.9 Å². The number of alkyl halides is 2. The van der Waals surface area contributed by atoms with Crippen molar-refractivity contribution in [3.8, 4) is 0 Å². The molecule has 2 aromatic rings. The van der Waals surface area contributed by atoms with Gasteiger partial charge in [0, 0.05) is 18.8 Å². The number of hydrogen-bond donors (Lipinski definition) is 0. The van der Waals surface area contributed by atoms with Crippen LogP contribution in [0.4, 0.5) is 23.2 Å². The summed E-state index contributed by atoms with van der Waals surface area (Å²) in [5.74, 6) is -2.85. The number of ether oxygens (including phenoxy) is 1. The number of benzene rings is 2. The summed E-state index contributed by atoms with van der Waals surface area (Å²) in [4.78, 5) is 27.2. The fourth-order valence-electron chi connectivity index (χ4n) is 4.03. The van der Waals surface area contributed by atoms with Crippen LogP contribution in [-0.2, 0) is 20.7 Å². The van der Waals surface area contributed by atoms with E-state index in [4.69, 9.17) is 4.74 Å². The molecule has 0 N–H and O–H groups in total. The molecule has 0 aliphatic carbocycles. The van der Waals surface area contributed by atoms with Gasteiger partial charge >= 0.3 is 12.0 Å². The Morgan fingerprint density at radius 1 is 1.00 bits per heavy atom. The first-order chi connectivity index (χ1) is 14.7. The predicted octanol–water partition coefficient (Wildman–Crippen LogP) is 3.52. The van der Waals surface area contributed by atoms with Crippen molar-refractivity contribution in [2.45, 2.75) is 31.0 Å². The van der Waals surface area contributed by atoms with Crippen LogP contribution in [0.1, 0.15) is 18.4 Å². The van der Waals surface area contributed by atoms with Gasteiger partial charge in [-0.2, -0.15) is 8.78 Å². The Kier molecular flexibility index (Phi) is 5.47. The summed E-state index contributed by atoms with van der Waals surface area (Å²) in [5, 5.41) is 0. The van der Waals surface area contributed by atoms with Crippen LogP contribution in [0, 0.1) is 11.6 Å². The largest absolute Gasteiger partial charge is 0.437 e. The Hall–Kier alpha value is -2.94. The number of morpholine rings is 1. The fourth-order valence-corrected chi connectivity index (χ4v) is 4.03. The highest BCUT2D eigenvalue weighted by Crippen LogP contribution is 2.40. The number of piperidine rings is 1. The summed E-state index contributed by atoms with van der Waals surface area (Å²) in [7, 11) is 0. The summed E-state index contributed by atoms with van der Waals surface area (Å²) >= 11 is 0. The third kappa shape index (κ3) is 4.27. The van der Waals surface area contributed by atoms with Crippen LogP contribution in [0.15, 0.2) is 48.5 Å². The zero-order chi connectivity index (χ0) is 22.2. The first-order valence-electron chi connectivity index (χ1n) is 9.86. The minimum Gasteiger partial charge on any atom is -0.342 e. The van der Waals surface area contributed by atoms with Crippen LogP contribution in [0.5, 0.6) is 0 Å². The van der Waals surface area contributed by atoms with Gasteiger partial charge in [-0.05, 0) is 48.7 Å². The number of hydrogen-bond acceptors (Lipinski definition) is 3. The molecular weight excluding hydrogens is 416 g/mol. The van der Waals surface area contributed by atoms with Crippen molar-refractivity contribution in [2.75, 3.05) is 24.5 Å². The molecule has 2 amide bonds. The number of carbonyl (C=O) groups is 2. The molecule has 5 nitrogen and oxygen atoms in total. The molecule has 0 atom stereocenters. The second-order valence-corrected chi connectivity index (χ2v) is 7.82. The Morgan fingerprint density at radius 3 is 2.29 bits per heavy atom. The van der Waals surface area contributed by atoms with Gasteiger partial charge in [0.2, 0.25) is 5.91 Å². The lowest BCUT2D eigenvalue weighted by molar-refractivity contribution is -0.292. The normalized spacial score (nSPS) is 20.2. The summed E-state index contributed by atoms with van der Waals surface area (Å²) in [6, 6.07) is 10.7. The van der Waals surface area contributed by atoms with E-state index in [2.05, 4.69) is 0 Å². The SMILES string of the molecule is O=C(Cc1ccccc1F)N1CCC2(CC1)CN(c1ccc(F)cc1)C(=O)C(F)(F)O2. The summed E-state index contributed by atoms with van der Waals surface area (Å²) < 4.78 is 60.8. The minimum atomic E-state index is -4.04. The molecule has 4 rings (SSSR count). The number of anilines is 1. The van der Waals surface area contributed by atoms with Gasteiger partial charge in [-0.25, -0.2) is 8.78 Å². The Bertz CT molecular complexity index is 989. The molecule has 0 aromatic heterocycles. The number of rotatable bonds is 3. The van der Waals surface area contributed by atoms with E-state index in [-0.39, 0.29) is 56.1 Å². The molecule has 2 saturated heterocycles. The van der Waals surface area contributed by atoms with E-state index in [1.807, 2.05) is 0 Å². The second-order valence-electron chi connectivity index (χ2n) is 7.82. The van der Waals surface area contributed by atoms with E-state index in [0.29, 0.717) is 0 Å². The maximum Gasteiger partial charge on any atom is 0.437 e. The van der Waals surface area contributed by atoms with Gasteiger partial charge in [0.15, 0.2) is 0 Å².